The Balaban J connectivity index is 2.61. The molecule has 0 heterocycles. The predicted octanol–water partition coefficient (Wildman–Crippen LogP) is 3.73. The van der Waals surface area contributed by atoms with Crippen molar-refractivity contribution in [1.82, 2.24) is 9.62 Å². The molecule has 0 aromatic heterocycles. The van der Waals surface area contributed by atoms with Gasteiger partial charge in [0.15, 0.2) is 6.29 Å². The van der Waals surface area contributed by atoms with Crippen molar-refractivity contribution in [3.8, 4) is 0 Å². The van der Waals surface area contributed by atoms with Gasteiger partial charge in [0.25, 0.3) is 0 Å². The molecule has 0 bridgehead atoms. The molecule has 0 unspecified atom stereocenters. The molecule has 0 fully saturated rings. The van der Waals surface area contributed by atoms with Crippen molar-refractivity contribution in [3.63, 3.8) is 0 Å². The number of hydrogen-bond donors (Lipinski definition) is 1. The van der Waals surface area contributed by atoms with Crippen molar-refractivity contribution in [2.75, 3.05) is 20.1 Å². The first-order chi connectivity index (χ1) is 12.4. The van der Waals surface area contributed by atoms with Crippen LogP contribution < -0.4 is 5.32 Å². The number of halogens is 2. The second-order valence-corrected chi connectivity index (χ2v) is 9.71. The number of ether oxygens (including phenoxy) is 1. The van der Waals surface area contributed by atoms with Crippen LogP contribution in [0.4, 0.5) is 4.79 Å². The standard InChI is InChI=1S/C17H24Cl2N2O5S/c1-17(2,3)26-16(23)20-7-5-6-8-21(4)27(24,25)15-9-12(11-22)13(18)10-14(15)19/h9-11H,5-8H2,1-4H3,(H,20,23). The average molecular weight is 439 g/mol. The lowest BCUT2D eigenvalue weighted by molar-refractivity contribution is 0.0526. The van der Waals surface area contributed by atoms with E-state index in [9.17, 15) is 18.0 Å². The maximum absolute atomic E-state index is 12.7. The van der Waals surface area contributed by atoms with Gasteiger partial charge < -0.3 is 10.1 Å². The Bertz CT molecular complexity index is 791. The summed E-state index contributed by atoms with van der Waals surface area (Å²) in [5, 5.41) is 2.65. The molecule has 0 radical (unpaired) electrons. The number of aldehydes is 1. The van der Waals surface area contributed by atoms with Crippen molar-refractivity contribution in [1.29, 1.82) is 0 Å². The van der Waals surface area contributed by atoms with E-state index in [1.54, 1.807) is 20.8 Å². The fourth-order valence-corrected chi connectivity index (χ4v) is 4.09. The molecular formula is C17H24Cl2N2O5S. The van der Waals surface area contributed by atoms with Gasteiger partial charge in [0, 0.05) is 25.7 Å². The minimum absolute atomic E-state index is 0.0506. The summed E-state index contributed by atoms with van der Waals surface area (Å²) in [6, 6.07) is 2.39. The Morgan fingerprint density at radius 3 is 2.41 bits per heavy atom. The maximum Gasteiger partial charge on any atom is 0.407 e. The van der Waals surface area contributed by atoms with Crippen LogP contribution in [0.3, 0.4) is 0 Å². The van der Waals surface area contributed by atoms with Crippen LogP contribution in [0.2, 0.25) is 10.0 Å². The number of hydrogen-bond acceptors (Lipinski definition) is 5. The van der Waals surface area contributed by atoms with E-state index in [1.807, 2.05) is 0 Å². The Labute approximate surface area is 170 Å². The maximum atomic E-state index is 12.7. The van der Waals surface area contributed by atoms with Crippen LogP contribution in [0.15, 0.2) is 17.0 Å². The van der Waals surface area contributed by atoms with Gasteiger partial charge in [-0.25, -0.2) is 17.5 Å². The molecule has 0 aliphatic heterocycles. The molecule has 0 spiro atoms. The molecule has 27 heavy (non-hydrogen) atoms. The summed E-state index contributed by atoms with van der Waals surface area (Å²) in [6.45, 7) is 5.88. The van der Waals surface area contributed by atoms with Gasteiger partial charge in [0.05, 0.1) is 10.0 Å². The summed E-state index contributed by atoms with van der Waals surface area (Å²) in [7, 11) is -2.46. The summed E-state index contributed by atoms with van der Waals surface area (Å²) < 4.78 is 31.6. The highest BCUT2D eigenvalue weighted by Gasteiger charge is 2.25. The topological polar surface area (TPSA) is 92.8 Å². The molecule has 0 saturated carbocycles. The van der Waals surface area contributed by atoms with Gasteiger partial charge in [-0.3, -0.25) is 4.79 Å². The zero-order chi connectivity index (χ0) is 20.8. The molecule has 1 amide bonds. The fraction of sp³-hybridized carbons (Fsp3) is 0.529. The lowest BCUT2D eigenvalue weighted by Gasteiger charge is -2.20. The van der Waals surface area contributed by atoms with Crippen LogP contribution in [-0.2, 0) is 14.8 Å². The Morgan fingerprint density at radius 1 is 1.22 bits per heavy atom. The van der Waals surface area contributed by atoms with Gasteiger partial charge in [-0.05, 0) is 45.7 Å². The van der Waals surface area contributed by atoms with Gasteiger partial charge in [-0.15, -0.1) is 0 Å². The zero-order valence-corrected chi connectivity index (χ0v) is 18.0. The zero-order valence-electron chi connectivity index (χ0n) is 15.7. The van der Waals surface area contributed by atoms with Crippen LogP contribution in [0.25, 0.3) is 0 Å². The second kappa shape index (κ2) is 9.73. The predicted molar refractivity (Wildman–Crippen MR) is 105 cm³/mol. The first-order valence-corrected chi connectivity index (χ1v) is 10.5. The third-order valence-electron chi connectivity index (χ3n) is 3.43. The van der Waals surface area contributed by atoms with Crippen LogP contribution in [0.5, 0.6) is 0 Å². The van der Waals surface area contributed by atoms with Gasteiger partial charge in [0.1, 0.15) is 10.5 Å². The SMILES string of the molecule is CN(CCCCNC(=O)OC(C)(C)C)S(=O)(=O)c1cc(C=O)c(Cl)cc1Cl. The normalized spacial score (nSPS) is 12.1. The largest absolute Gasteiger partial charge is 0.444 e. The van der Waals surface area contributed by atoms with Gasteiger partial charge in [-0.1, -0.05) is 23.2 Å². The number of unbranched alkanes of at least 4 members (excludes halogenated alkanes) is 1. The number of benzene rings is 1. The van der Waals surface area contributed by atoms with Crippen molar-refractivity contribution < 1.29 is 22.7 Å². The summed E-state index contributed by atoms with van der Waals surface area (Å²) in [4.78, 5) is 22.3. The number of rotatable bonds is 8. The van der Waals surface area contributed by atoms with Crippen LogP contribution >= 0.6 is 23.2 Å². The minimum atomic E-state index is -3.87. The number of sulfonamides is 1. The summed E-state index contributed by atoms with van der Waals surface area (Å²) in [6.07, 6.45) is 1.03. The van der Waals surface area contributed by atoms with Gasteiger partial charge in [-0.2, -0.15) is 0 Å². The fourth-order valence-electron chi connectivity index (χ4n) is 2.09. The van der Waals surface area contributed by atoms with E-state index >= 15 is 0 Å². The van der Waals surface area contributed by atoms with E-state index in [0.29, 0.717) is 25.7 Å². The Morgan fingerprint density at radius 2 is 1.85 bits per heavy atom. The third-order valence-corrected chi connectivity index (χ3v) is 6.08. The molecular weight excluding hydrogens is 415 g/mol. The van der Waals surface area contributed by atoms with Crippen molar-refractivity contribution >= 4 is 45.6 Å². The molecule has 0 aliphatic carbocycles. The number of nitrogens with one attached hydrogen (secondary N) is 1. The number of alkyl carbamates (subject to hydrolysis) is 1. The molecule has 1 rings (SSSR count). The molecule has 0 atom stereocenters. The van der Waals surface area contributed by atoms with Crippen molar-refractivity contribution in [2.45, 2.75) is 44.1 Å². The number of carbonyl (C=O) groups is 2. The van der Waals surface area contributed by atoms with Crippen LogP contribution in [0, 0.1) is 0 Å². The van der Waals surface area contributed by atoms with Gasteiger partial charge >= 0.3 is 6.09 Å². The molecule has 1 aromatic rings. The van der Waals surface area contributed by atoms with Crippen molar-refractivity contribution in [2.24, 2.45) is 0 Å². The van der Waals surface area contributed by atoms with Gasteiger partial charge in [0.2, 0.25) is 10.0 Å². The molecule has 0 saturated heterocycles. The summed E-state index contributed by atoms with van der Waals surface area (Å²) >= 11 is 11.8. The lowest BCUT2D eigenvalue weighted by Crippen LogP contribution is -2.33. The Hall–Kier alpha value is -1.35. The number of amides is 1. The molecule has 10 heteroatoms. The minimum Gasteiger partial charge on any atom is -0.444 e. The highest BCUT2D eigenvalue weighted by atomic mass is 35.5. The third kappa shape index (κ3) is 7.29. The van der Waals surface area contributed by atoms with E-state index in [0.717, 1.165) is 10.4 Å². The second-order valence-electron chi connectivity index (χ2n) is 6.88. The quantitative estimate of drug-likeness (QED) is 0.492. The molecule has 1 N–H and O–H groups in total. The summed E-state index contributed by atoms with van der Waals surface area (Å²) in [5.74, 6) is 0. The number of carbonyl (C=O) groups excluding carboxylic acids is 2. The lowest BCUT2D eigenvalue weighted by atomic mass is 10.2. The first-order valence-electron chi connectivity index (χ1n) is 8.26. The molecule has 0 aliphatic rings. The Kier molecular flexibility index (Phi) is 8.53. The molecule has 7 nitrogen and oxygen atoms in total. The van der Waals surface area contributed by atoms with Crippen molar-refractivity contribution in [3.05, 3.63) is 27.7 Å². The number of nitrogens with zero attached hydrogens (tertiary/aromatic N) is 1. The average Bonchev–Trinajstić information content (AvgIpc) is 2.52. The smallest absolute Gasteiger partial charge is 0.407 e. The van der Waals surface area contributed by atoms with E-state index < -0.39 is 21.7 Å². The van der Waals surface area contributed by atoms with E-state index in [2.05, 4.69) is 5.32 Å². The van der Waals surface area contributed by atoms with E-state index in [4.69, 9.17) is 27.9 Å². The summed E-state index contributed by atoms with van der Waals surface area (Å²) in [5.41, 5.74) is -0.522. The highest BCUT2D eigenvalue weighted by molar-refractivity contribution is 7.89. The highest BCUT2D eigenvalue weighted by Crippen LogP contribution is 2.29. The van der Waals surface area contributed by atoms with Crippen LogP contribution in [-0.4, -0.2) is 50.8 Å². The van der Waals surface area contributed by atoms with E-state index in [-0.39, 0.29) is 27.0 Å². The van der Waals surface area contributed by atoms with Crippen LogP contribution in [0.1, 0.15) is 44.0 Å². The molecule has 1 aromatic carbocycles. The first kappa shape index (κ1) is 23.7. The monoisotopic (exact) mass is 438 g/mol. The van der Waals surface area contributed by atoms with E-state index in [1.165, 1.54) is 13.1 Å². The molecule has 152 valence electrons.